The Balaban J connectivity index is 0.00000169. The van der Waals surface area contributed by atoms with Gasteiger partial charge in [0, 0.05) is 0 Å². The Morgan fingerprint density at radius 1 is 1.08 bits per heavy atom. The topological polar surface area (TPSA) is 0 Å². The van der Waals surface area contributed by atoms with Crippen molar-refractivity contribution in [1.29, 1.82) is 0 Å². The summed E-state index contributed by atoms with van der Waals surface area (Å²) < 4.78 is 2.60. The Hall–Kier alpha value is 0.320. The van der Waals surface area contributed by atoms with Crippen LogP contribution in [0.2, 0.25) is 0 Å². The third-order valence-electron chi connectivity index (χ3n) is 5.44. The van der Waals surface area contributed by atoms with Gasteiger partial charge in [-0.2, -0.15) is 0 Å². The fourth-order valence-electron chi connectivity index (χ4n) is 3.76. The van der Waals surface area contributed by atoms with E-state index in [2.05, 4.69) is 76.3 Å². The van der Waals surface area contributed by atoms with Crippen LogP contribution in [0.1, 0.15) is 61.8 Å². The van der Waals surface area contributed by atoms with Gasteiger partial charge in [0.2, 0.25) is 0 Å². The van der Waals surface area contributed by atoms with Crippen LogP contribution < -0.4 is 24.8 Å². The van der Waals surface area contributed by atoms with E-state index in [0.717, 1.165) is 15.0 Å². The zero-order valence-corrected chi connectivity index (χ0v) is 22.2. The molecule has 26 heavy (non-hydrogen) atoms. The largest absolute Gasteiger partial charge is 1.00 e. The van der Waals surface area contributed by atoms with Gasteiger partial charge in [-0.1, -0.05) is 0 Å². The first-order valence-corrected chi connectivity index (χ1v) is 14.7. The van der Waals surface area contributed by atoms with Crippen LogP contribution >= 0.6 is 7.92 Å². The molecular weight excluding hydrogens is 545 g/mol. The average Bonchev–Trinajstić information content (AvgIpc) is 3.24. The summed E-state index contributed by atoms with van der Waals surface area (Å²) in [5.74, 6) is 0. The predicted octanol–water partition coefficient (Wildman–Crippen LogP) is 1.10. The van der Waals surface area contributed by atoms with E-state index < -0.39 is 22.9 Å². The first-order chi connectivity index (χ1) is 11.7. The van der Waals surface area contributed by atoms with E-state index >= 15 is 0 Å². The van der Waals surface area contributed by atoms with Gasteiger partial charge >= 0.3 is 161 Å². The van der Waals surface area contributed by atoms with E-state index in [-0.39, 0.29) is 32.7 Å². The van der Waals surface area contributed by atoms with Gasteiger partial charge in [0.25, 0.3) is 0 Å². The predicted molar refractivity (Wildman–Crippen MR) is 105 cm³/mol. The zero-order chi connectivity index (χ0) is 17.1. The normalized spacial score (nSPS) is 20.7. The molecular formula is C22H29Cl2HfP. The summed E-state index contributed by atoms with van der Waals surface area (Å²) in [4.78, 5) is 0. The Bertz CT molecular complexity index is 670. The first kappa shape index (κ1) is 24.4. The number of rotatable bonds is 7. The molecule has 3 unspecified atom stereocenters. The van der Waals surface area contributed by atoms with Gasteiger partial charge in [-0.3, -0.25) is 0 Å². The maximum absolute atomic E-state index is 2.61. The van der Waals surface area contributed by atoms with Crippen LogP contribution in [0, 0.1) is 0 Å². The van der Waals surface area contributed by atoms with Crippen molar-refractivity contribution in [3.8, 4) is 0 Å². The molecule has 0 nitrogen and oxygen atoms in total. The van der Waals surface area contributed by atoms with Crippen molar-refractivity contribution < 1.29 is 47.7 Å². The molecule has 0 N–H and O–H groups in total. The number of benzene rings is 1. The standard InChI is InChI=1S/C17H24P.C5H5.2ClH.Hf/c1-5-13(3)18(14(4)6-2)17-11-15-9-7-8-10-16(15)12-17;1-2-4-5-3-1;;;/h7-14H,5-6H2,1-4H3;1-3H,4H2;2*1H;/q;;;;+2/p-2. The van der Waals surface area contributed by atoms with Gasteiger partial charge in [-0.05, 0) is 0 Å². The summed E-state index contributed by atoms with van der Waals surface area (Å²) in [7, 11) is -0.0282. The molecule has 0 amide bonds. The van der Waals surface area contributed by atoms with Gasteiger partial charge in [0.15, 0.2) is 0 Å². The second-order valence-electron chi connectivity index (χ2n) is 7.02. The van der Waals surface area contributed by atoms with E-state index in [9.17, 15) is 0 Å². The van der Waals surface area contributed by atoms with Crippen molar-refractivity contribution in [2.75, 3.05) is 0 Å². The summed E-state index contributed by atoms with van der Waals surface area (Å²) >= 11 is -0.858. The summed E-state index contributed by atoms with van der Waals surface area (Å²) in [6, 6.07) is 9.23. The molecule has 140 valence electrons. The quantitative estimate of drug-likeness (QED) is 0.339. The molecule has 2 aliphatic rings. The Morgan fingerprint density at radius 2 is 1.73 bits per heavy atom. The molecule has 0 bridgehead atoms. The minimum absolute atomic E-state index is 0. The molecule has 0 aliphatic heterocycles. The molecule has 3 rings (SSSR count). The SMILES string of the molecule is CCC(C)P(C1=Cc2ccccc2[CH]1[Hf+2][C]1=CC=CC1)C(C)CC.[Cl-].[Cl-]. The maximum Gasteiger partial charge on any atom is -1.00 e. The summed E-state index contributed by atoms with van der Waals surface area (Å²) in [5.41, 5.74) is 4.87. The van der Waals surface area contributed by atoms with Crippen molar-refractivity contribution in [2.24, 2.45) is 0 Å². The molecule has 2 aliphatic carbocycles. The molecule has 0 saturated carbocycles. The van der Waals surface area contributed by atoms with E-state index in [4.69, 9.17) is 0 Å². The summed E-state index contributed by atoms with van der Waals surface area (Å²) in [6.07, 6.45) is 13.5. The molecule has 0 saturated heterocycles. The van der Waals surface area contributed by atoms with Crippen LogP contribution in [0.3, 0.4) is 0 Å². The van der Waals surface area contributed by atoms with Crippen LogP contribution in [0.5, 0.6) is 0 Å². The Morgan fingerprint density at radius 3 is 2.31 bits per heavy atom. The van der Waals surface area contributed by atoms with E-state index in [1.165, 1.54) is 24.8 Å². The second kappa shape index (κ2) is 11.4. The van der Waals surface area contributed by atoms with Gasteiger partial charge in [0.1, 0.15) is 0 Å². The van der Waals surface area contributed by atoms with Crippen LogP contribution in [0.25, 0.3) is 6.08 Å². The third kappa shape index (κ3) is 5.22. The smallest absolute Gasteiger partial charge is 1.00 e. The van der Waals surface area contributed by atoms with Crippen LogP contribution in [0.15, 0.2) is 51.1 Å². The molecule has 4 heteroatoms. The van der Waals surface area contributed by atoms with E-state index in [1.807, 2.05) is 5.31 Å². The van der Waals surface area contributed by atoms with Gasteiger partial charge in [-0.25, -0.2) is 0 Å². The van der Waals surface area contributed by atoms with Crippen LogP contribution in [-0.2, 0) is 22.9 Å². The van der Waals surface area contributed by atoms with Crippen molar-refractivity contribution in [3.63, 3.8) is 0 Å². The molecule has 3 atom stereocenters. The second-order valence-corrected chi connectivity index (χ2v) is 15.5. The minimum Gasteiger partial charge on any atom is -1.00 e. The fourth-order valence-corrected chi connectivity index (χ4v) is 14.5. The molecule has 1 aromatic carbocycles. The van der Waals surface area contributed by atoms with Crippen LogP contribution in [-0.4, -0.2) is 11.3 Å². The zero-order valence-electron chi connectivity index (χ0n) is 16.2. The molecule has 0 aromatic heterocycles. The van der Waals surface area contributed by atoms with Gasteiger partial charge < -0.3 is 24.8 Å². The van der Waals surface area contributed by atoms with Crippen LogP contribution in [0.4, 0.5) is 0 Å². The number of hydrogen-bond donors (Lipinski definition) is 0. The van der Waals surface area contributed by atoms with Crippen molar-refractivity contribution in [2.45, 2.75) is 61.9 Å². The Labute approximate surface area is 184 Å². The Kier molecular flexibility index (Phi) is 10.6. The molecule has 0 spiro atoms. The van der Waals surface area contributed by atoms with Gasteiger partial charge in [-0.15, -0.1) is 0 Å². The maximum atomic E-state index is 2.61. The molecule has 0 heterocycles. The molecule has 1 aromatic rings. The monoisotopic (exact) mass is 574 g/mol. The van der Waals surface area contributed by atoms with Gasteiger partial charge in [0.05, 0.1) is 0 Å². The molecule has 0 fully saturated rings. The minimum atomic E-state index is -0.858. The average molecular weight is 574 g/mol. The first-order valence-electron chi connectivity index (χ1n) is 9.36. The van der Waals surface area contributed by atoms with Crippen molar-refractivity contribution >= 4 is 14.0 Å². The number of allylic oxidation sites excluding steroid dienone is 5. The molecule has 0 radical (unpaired) electrons. The summed E-state index contributed by atoms with van der Waals surface area (Å²) in [6.45, 7) is 9.77. The van der Waals surface area contributed by atoms with E-state index in [0.29, 0.717) is 0 Å². The number of hydrogen-bond acceptors (Lipinski definition) is 0. The summed E-state index contributed by atoms with van der Waals surface area (Å²) in [5, 5.41) is 1.85. The number of fused-ring (bicyclic) bond motifs is 1. The number of halogens is 2. The fraction of sp³-hybridized carbons (Fsp3) is 0.455. The third-order valence-corrected chi connectivity index (χ3v) is 15.9. The van der Waals surface area contributed by atoms with Crippen molar-refractivity contribution in [3.05, 3.63) is 62.3 Å². The van der Waals surface area contributed by atoms with E-state index in [1.54, 1.807) is 8.89 Å². The van der Waals surface area contributed by atoms with Crippen molar-refractivity contribution in [1.82, 2.24) is 0 Å².